The molecule has 1 amide bonds. The number of hydrogen-bond acceptors (Lipinski definition) is 5. The van der Waals surface area contributed by atoms with E-state index in [1.54, 1.807) is 17.5 Å². The van der Waals surface area contributed by atoms with Crippen LogP contribution >= 0.6 is 11.3 Å². The van der Waals surface area contributed by atoms with E-state index >= 15 is 0 Å². The van der Waals surface area contributed by atoms with Gasteiger partial charge in [-0.15, -0.1) is 11.3 Å². The molecule has 2 aromatic heterocycles. The Morgan fingerprint density at radius 2 is 2.16 bits per heavy atom. The Morgan fingerprint density at radius 1 is 1.32 bits per heavy atom. The average molecular weight is 353 g/mol. The molecule has 2 heterocycles. The summed E-state index contributed by atoms with van der Waals surface area (Å²) in [6.07, 6.45) is 2.83. The monoisotopic (exact) mass is 353 g/mol. The van der Waals surface area contributed by atoms with E-state index in [0.717, 1.165) is 20.9 Å². The molecule has 1 atom stereocenters. The molecule has 0 radical (unpaired) electrons. The summed E-state index contributed by atoms with van der Waals surface area (Å²) in [5.74, 6) is 0.0729. The number of aryl methyl sites for hydroxylation is 1. The van der Waals surface area contributed by atoms with Gasteiger partial charge in [0.25, 0.3) is 5.91 Å². The summed E-state index contributed by atoms with van der Waals surface area (Å²) in [6, 6.07) is 11.1. The van der Waals surface area contributed by atoms with Crippen LogP contribution in [0.25, 0.3) is 10.2 Å². The molecule has 1 aliphatic rings. The molecule has 1 aromatic carbocycles. The number of rotatable bonds is 4. The molecular weight excluding hydrogens is 334 g/mol. The number of aromatic nitrogens is 2. The first-order valence-corrected chi connectivity index (χ1v) is 9.19. The number of nitrogens with one attached hydrogen (secondary N) is 1. The summed E-state index contributed by atoms with van der Waals surface area (Å²) in [6.45, 7) is 1.96. The highest BCUT2D eigenvalue weighted by molar-refractivity contribution is 7.18. The SMILES string of the molecule is Cc1nc2cc(C(=O)NC(c3ccccn3)C3CC(O)C3)ccc2s1. The molecule has 3 aromatic rings. The van der Waals surface area contributed by atoms with Crippen molar-refractivity contribution in [2.75, 3.05) is 0 Å². The van der Waals surface area contributed by atoms with Crippen molar-refractivity contribution in [2.45, 2.75) is 31.9 Å². The molecule has 0 saturated heterocycles. The van der Waals surface area contributed by atoms with Gasteiger partial charge in [-0.05, 0) is 56.0 Å². The number of hydrogen-bond donors (Lipinski definition) is 2. The van der Waals surface area contributed by atoms with Crippen LogP contribution in [0.15, 0.2) is 42.6 Å². The fraction of sp³-hybridized carbons (Fsp3) is 0.316. The Hall–Kier alpha value is -2.31. The van der Waals surface area contributed by atoms with Crippen molar-refractivity contribution in [1.29, 1.82) is 0 Å². The lowest BCUT2D eigenvalue weighted by Gasteiger charge is -2.37. The molecule has 25 heavy (non-hydrogen) atoms. The molecule has 1 unspecified atom stereocenters. The van der Waals surface area contributed by atoms with Gasteiger partial charge in [0.2, 0.25) is 0 Å². The van der Waals surface area contributed by atoms with Crippen LogP contribution in [0, 0.1) is 12.8 Å². The van der Waals surface area contributed by atoms with E-state index in [4.69, 9.17) is 0 Å². The first-order chi connectivity index (χ1) is 12.1. The Labute approximate surface area is 149 Å². The topological polar surface area (TPSA) is 75.1 Å². The quantitative estimate of drug-likeness (QED) is 0.755. The number of thiazole rings is 1. The summed E-state index contributed by atoms with van der Waals surface area (Å²) in [4.78, 5) is 21.6. The maximum Gasteiger partial charge on any atom is 0.251 e. The smallest absolute Gasteiger partial charge is 0.251 e. The number of fused-ring (bicyclic) bond motifs is 1. The second kappa shape index (κ2) is 6.54. The molecule has 2 N–H and O–H groups in total. The third-order valence-electron chi connectivity index (χ3n) is 4.67. The zero-order valence-corrected chi connectivity index (χ0v) is 14.7. The second-order valence-electron chi connectivity index (χ2n) is 6.51. The molecule has 1 fully saturated rings. The number of benzene rings is 1. The van der Waals surface area contributed by atoms with Crippen LogP contribution in [-0.2, 0) is 0 Å². The minimum atomic E-state index is -0.276. The van der Waals surface area contributed by atoms with Crippen molar-refractivity contribution in [3.63, 3.8) is 0 Å². The van der Waals surface area contributed by atoms with Crippen molar-refractivity contribution < 1.29 is 9.90 Å². The molecule has 128 valence electrons. The van der Waals surface area contributed by atoms with Gasteiger partial charge in [0.05, 0.1) is 33.1 Å². The van der Waals surface area contributed by atoms with E-state index in [2.05, 4.69) is 15.3 Å². The van der Waals surface area contributed by atoms with Gasteiger partial charge in [0.15, 0.2) is 0 Å². The summed E-state index contributed by atoms with van der Waals surface area (Å²) < 4.78 is 1.08. The fourth-order valence-electron chi connectivity index (χ4n) is 3.30. The lowest BCUT2D eigenvalue weighted by molar-refractivity contribution is 0.0228. The third-order valence-corrected chi connectivity index (χ3v) is 5.62. The molecule has 5 nitrogen and oxygen atoms in total. The highest BCUT2D eigenvalue weighted by Gasteiger charge is 2.36. The number of amides is 1. The zero-order valence-electron chi connectivity index (χ0n) is 13.8. The van der Waals surface area contributed by atoms with E-state index in [1.165, 1.54) is 0 Å². The van der Waals surface area contributed by atoms with E-state index in [-0.39, 0.29) is 24.0 Å². The first kappa shape index (κ1) is 16.2. The summed E-state index contributed by atoms with van der Waals surface area (Å²) >= 11 is 1.62. The van der Waals surface area contributed by atoms with Gasteiger partial charge in [-0.3, -0.25) is 9.78 Å². The Morgan fingerprint density at radius 3 is 2.88 bits per heavy atom. The molecule has 1 saturated carbocycles. The number of aliphatic hydroxyl groups excluding tert-OH is 1. The number of carbonyl (C=O) groups excluding carboxylic acids is 1. The third kappa shape index (κ3) is 3.27. The number of aliphatic hydroxyl groups is 1. The predicted octanol–water partition coefficient (Wildman–Crippen LogP) is 3.24. The Balaban J connectivity index is 1.58. The molecular formula is C19H19N3O2S. The minimum absolute atomic E-state index is 0.135. The molecule has 1 aliphatic carbocycles. The Kier molecular flexibility index (Phi) is 4.23. The van der Waals surface area contributed by atoms with Crippen molar-refractivity contribution in [3.05, 3.63) is 58.9 Å². The summed E-state index contributed by atoms with van der Waals surface area (Å²) in [5, 5.41) is 13.7. The largest absolute Gasteiger partial charge is 0.393 e. The van der Waals surface area contributed by atoms with E-state index in [9.17, 15) is 9.90 Å². The standard InChI is InChI=1S/C19H19N3O2S/c1-11-21-16-10-12(5-6-17(16)25-11)19(24)22-18(13-8-14(23)9-13)15-4-2-3-7-20-15/h2-7,10,13-14,18,23H,8-9H2,1H3,(H,22,24). The number of pyridine rings is 1. The van der Waals surface area contributed by atoms with Crippen LogP contribution in [0.2, 0.25) is 0 Å². The van der Waals surface area contributed by atoms with Gasteiger partial charge in [-0.1, -0.05) is 6.07 Å². The molecule has 0 spiro atoms. The van der Waals surface area contributed by atoms with Gasteiger partial charge in [0, 0.05) is 11.8 Å². The van der Waals surface area contributed by atoms with Crippen LogP contribution in [0.5, 0.6) is 0 Å². The van der Waals surface area contributed by atoms with Gasteiger partial charge in [0.1, 0.15) is 0 Å². The molecule has 4 rings (SSSR count). The first-order valence-electron chi connectivity index (χ1n) is 8.37. The second-order valence-corrected chi connectivity index (χ2v) is 7.74. The summed E-state index contributed by atoms with van der Waals surface area (Å²) in [7, 11) is 0. The van der Waals surface area contributed by atoms with Crippen molar-refractivity contribution in [1.82, 2.24) is 15.3 Å². The van der Waals surface area contributed by atoms with Crippen LogP contribution in [0.4, 0.5) is 0 Å². The van der Waals surface area contributed by atoms with Gasteiger partial charge < -0.3 is 10.4 Å². The highest BCUT2D eigenvalue weighted by atomic mass is 32.1. The van der Waals surface area contributed by atoms with Crippen LogP contribution < -0.4 is 5.32 Å². The lowest BCUT2D eigenvalue weighted by Crippen LogP contribution is -2.41. The summed E-state index contributed by atoms with van der Waals surface area (Å²) in [5.41, 5.74) is 2.28. The molecule has 6 heteroatoms. The van der Waals surface area contributed by atoms with Crippen molar-refractivity contribution in [3.8, 4) is 0 Å². The van der Waals surface area contributed by atoms with E-state index < -0.39 is 0 Å². The fourth-order valence-corrected chi connectivity index (χ4v) is 4.11. The van der Waals surface area contributed by atoms with Crippen molar-refractivity contribution >= 4 is 27.5 Å². The van der Waals surface area contributed by atoms with Crippen LogP contribution in [-0.4, -0.2) is 27.1 Å². The van der Waals surface area contributed by atoms with Crippen molar-refractivity contribution in [2.24, 2.45) is 5.92 Å². The zero-order chi connectivity index (χ0) is 17.4. The predicted molar refractivity (Wildman–Crippen MR) is 97.5 cm³/mol. The van der Waals surface area contributed by atoms with E-state index in [0.29, 0.717) is 18.4 Å². The van der Waals surface area contributed by atoms with Crippen LogP contribution in [0.1, 0.15) is 39.9 Å². The minimum Gasteiger partial charge on any atom is -0.393 e. The normalized spacial score (nSPS) is 20.9. The molecule has 0 aliphatic heterocycles. The Bertz CT molecular complexity index is 903. The van der Waals surface area contributed by atoms with Gasteiger partial charge in [-0.2, -0.15) is 0 Å². The molecule has 0 bridgehead atoms. The average Bonchev–Trinajstić information content (AvgIpc) is 2.97. The van der Waals surface area contributed by atoms with E-state index in [1.807, 2.05) is 43.3 Å². The number of carbonyl (C=O) groups is 1. The van der Waals surface area contributed by atoms with Gasteiger partial charge in [-0.25, -0.2) is 4.98 Å². The number of nitrogens with zero attached hydrogens (tertiary/aromatic N) is 2. The maximum absolute atomic E-state index is 12.8. The lowest BCUT2D eigenvalue weighted by atomic mass is 9.76. The maximum atomic E-state index is 12.8. The highest BCUT2D eigenvalue weighted by Crippen LogP contribution is 2.37. The van der Waals surface area contributed by atoms with Gasteiger partial charge >= 0.3 is 0 Å². The van der Waals surface area contributed by atoms with Crippen LogP contribution in [0.3, 0.4) is 0 Å².